The average Bonchev–Trinajstić information content (AvgIpc) is 3.24. The number of benzene rings is 1. The molecular formula is C19H22ClN3O4S2. The maximum absolute atomic E-state index is 12.9. The van der Waals surface area contributed by atoms with Crippen LogP contribution in [0.5, 0.6) is 0 Å². The van der Waals surface area contributed by atoms with Crippen LogP contribution in [0.2, 0.25) is 5.02 Å². The number of nitrogens with one attached hydrogen (secondary N) is 2. The van der Waals surface area contributed by atoms with Crippen molar-refractivity contribution in [3.05, 3.63) is 46.8 Å². The lowest BCUT2D eigenvalue weighted by atomic mass is 10.0. The van der Waals surface area contributed by atoms with Crippen molar-refractivity contribution in [3.63, 3.8) is 0 Å². The molecule has 1 aliphatic rings. The summed E-state index contributed by atoms with van der Waals surface area (Å²) in [7, 11) is -3.53. The van der Waals surface area contributed by atoms with Crippen LogP contribution in [0.25, 0.3) is 0 Å². The third kappa shape index (κ3) is 5.57. The van der Waals surface area contributed by atoms with E-state index in [2.05, 4.69) is 10.6 Å². The lowest BCUT2D eigenvalue weighted by molar-refractivity contribution is -0.136. The summed E-state index contributed by atoms with van der Waals surface area (Å²) in [5, 5.41) is 7.24. The van der Waals surface area contributed by atoms with Gasteiger partial charge in [-0.05, 0) is 48.9 Å². The molecule has 1 fully saturated rings. The Labute approximate surface area is 179 Å². The van der Waals surface area contributed by atoms with Gasteiger partial charge in [-0.3, -0.25) is 9.59 Å². The highest BCUT2D eigenvalue weighted by Gasteiger charge is 2.33. The SMILES string of the molecule is O=C(NCC[C@H]1CCCCN1S(=O)(=O)c1cccs1)C(=O)Nc1cccc(Cl)c1. The predicted molar refractivity (Wildman–Crippen MR) is 114 cm³/mol. The number of carbonyl (C=O) groups excluding carboxylic acids is 2. The molecule has 1 aliphatic heterocycles. The highest BCUT2D eigenvalue weighted by atomic mass is 35.5. The molecule has 2 amide bonds. The van der Waals surface area contributed by atoms with Gasteiger partial charge in [0.25, 0.3) is 10.0 Å². The van der Waals surface area contributed by atoms with Crippen LogP contribution in [0.1, 0.15) is 25.7 Å². The van der Waals surface area contributed by atoms with E-state index < -0.39 is 21.8 Å². The summed E-state index contributed by atoms with van der Waals surface area (Å²) in [5.41, 5.74) is 0.429. The van der Waals surface area contributed by atoms with E-state index in [0.29, 0.717) is 27.9 Å². The maximum atomic E-state index is 12.9. The van der Waals surface area contributed by atoms with Gasteiger partial charge in [-0.25, -0.2) is 8.42 Å². The maximum Gasteiger partial charge on any atom is 0.313 e. The van der Waals surface area contributed by atoms with Crippen LogP contribution >= 0.6 is 22.9 Å². The fourth-order valence-corrected chi connectivity index (χ4v) is 6.32. The molecule has 2 heterocycles. The summed E-state index contributed by atoms with van der Waals surface area (Å²) < 4.78 is 27.6. The summed E-state index contributed by atoms with van der Waals surface area (Å²) in [5.74, 6) is -1.56. The average molecular weight is 456 g/mol. The van der Waals surface area contributed by atoms with Crippen LogP contribution in [-0.2, 0) is 19.6 Å². The molecule has 29 heavy (non-hydrogen) atoms. The highest BCUT2D eigenvalue weighted by Crippen LogP contribution is 2.29. The monoisotopic (exact) mass is 455 g/mol. The number of carbonyl (C=O) groups is 2. The molecule has 2 N–H and O–H groups in total. The van der Waals surface area contributed by atoms with Gasteiger partial charge >= 0.3 is 11.8 Å². The van der Waals surface area contributed by atoms with Crippen LogP contribution in [0.15, 0.2) is 46.0 Å². The van der Waals surface area contributed by atoms with E-state index in [0.717, 1.165) is 19.3 Å². The molecule has 3 rings (SSSR count). The molecule has 0 aliphatic carbocycles. The van der Waals surface area contributed by atoms with Gasteiger partial charge < -0.3 is 10.6 Å². The van der Waals surface area contributed by atoms with Gasteiger partial charge in [0, 0.05) is 29.8 Å². The summed E-state index contributed by atoms with van der Waals surface area (Å²) >= 11 is 7.06. The van der Waals surface area contributed by atoms with Gasteiger partial charge in [-0.2, -0.15) is 4.31 Å². The van der Waals surface area contributed by atoms with E-state index in [1.54, 1.807) is 41.8 Å². The molecule has 0 spiro atoms. The van der Waals surface area contributed by atoms with Gasteiger partial charge in [-0.15, -0.1) is 11.3 Å². The number of hydrogen-bond donors (Lipinski definition) is 2. The number of anilines is 1. The Hall–Kier alpha value is -1.94. The molecule has 1 aromatic heterocycles. The number of hydrogen-bond acceptors (Lipinski definition) is 5. The molecule has 156 valence electrons. The van der Waals surface area contributed by atoms with Crippen molar-refractivity contribution in [2.75, 3.05) is 18.4 Å². The van der Waals surface area contributed by atoms with Gasteiger partial charge in [0.05, 0.1) is 0 Å². The van der Waals surface area contributed by atoms with E-state index in [1.807, 2.05) is 0 Å². The third-order valence-corrected chi connectivity index (χ3v) is 8.24. The number of sulfonamides is 1. The number of halogens is 1. The predicted octanol–water partition coefficient (Wildman–Crippen LogP) is 3.09. The van der Waals surface area contributed by atoms with Crippen LogP contribution in [0.4, 0.5) is 5.69 Å². The van der Waals surface area contributed by atoms with E-state index in [9.17, 15) is 18.0 Å². The highest BCUT2D eigenvalue weighted by molar-refractivity contribution is 7.91. The second-order valence-corrected chi connectivity index (χ2v) is 10.2. The smallest absolute Gasteiger partial charge is 0.313 e. The second-order valence-electron chi connectivity index (χ2n) is 6.71. The molecular weight excluding hydrogens is 434 g/mol. The molecule has 1 saturated heterocycles. The minimum atomic E-state index is -3.53. The van der Waals surface area contributed by atoms with Crippen molar-refractivity contribution in [3.8, 4) is 0 Å². The molecule has 7 nitrogen and oxygen atoms in total. The Bertz CT molecular complexity index is 964. The van der Waals surface area contributed by atoms with Crippen molar-refractivity contribution in [1.82, 2.24) is 9.62 Å². The third-order valence-electron chi connectivity index (χ3n) is 4.68. The van der Waals surface area contributed by atoms with Crippen LogP contribution in [-0.4, -0.2) is 43.7 Å². The molecule has 0 radical (unpaired) electrons. The normalized spacial score (nSPS) is 17.6. The Kier molecular flexibility index (Phi) is 7.28. The van der Waals surface area contributed by atoms with E-state index in [1.165, 1.54) is 15.6 Å². The van der Waals surface area contributed by atoms with Crippen LogP contribution in [0, 0.1) is 0 Å². The van der Waals surface area contributed by atoms with Crippen molar-refractivity contribution in [1.29, 1.82) is 0 Å². The zero-order valence-electron chi connectivity index (χ0n) is 15.6. The first-order valence-corrected chi connectivity index (χ1v) is 12.0. The largest absolute Gasteiger partial charge is 0.348 e. The summed E-state index contributed by atoms with van der Waals surface area (Å²) in [4.78, 5) is 24.1. The molecule has 2 aromatic rings. The Balaban J connectivity index is 1.54. The topological polar surface area (TPSA) is 95.6 Å². The minimum absolute atomic E-state index is 0.202. The van der Waals surface area contributed by atoms with Gasteiger partial charge in [0.1, 0.15) is 4.21 Å². The lowest BCUT2D eigenvalue weighted by Crippen LogP contribution is -2.45. The molecule has 1 atom stereocenters. The first-order valence-electron chi connectivity index (χ1n) is 9.28. The van der Waals surface area contributed by atoms with Gasteiger partial charge in [0.2, 0.25) is 0 Å². The van der Waals surface area contributed by atoms with Crippen LogP contribution < -0.4 is 10.6 Å². The molecule has 1 aromatic carbocycles. The van der Waals surface area contributed by atoms with Crippen molar-refractivity contribution >= 4 is 50.5 Å². The summed E-state index contributed by atoms with van der Waals surface area (Å²) in [6, 6.07) is 9.63. The summed E-state index contributed by atoms with van der Waals surface area (Å²) in [6.45, 7) is 0.678. The van der Waals surface area contributed by atoms with Crippen molar-refractivity contribution in [2.45, 2.75) is 35.9 Å². The number of nitrogens with zero attached hydrogens (tertiary/aromatic N) is 1. The van der Waals surface area contributed by atoms with E-state index >= 15 is 0 Å². The molecule has 10 heteroatoms. The van der Waals surface area contributed by atoms with Crippen molar-refractivity contribution < 1.29 is 18.0 Å². The Morgan fingerprint density at radius 2 is 2.00 bits per heavy atom. The Morgan fingerprint density at radius 1 is 1.17 bits per heavy atom. The fraction of sp³-hybridized carbons (Fsp3) is 0.368. The zero-order valence-corrected chi connectivity index (χ0v) is 18.0. The molecule has 0 unspecified atom stereocenters. The number of amides is 2. The molecule has 0 saturated carbocycles. The zero-order chi connectivity index (χ0) is 20.9. The number of thiophene rings is 1. The standard InChI is InChI=1S/C19H22ClN3O4S2/c20-14-5-3-6-15(13-14)22-19(25)18(24)21-10-9-16-7-1-2-11-23(16)29(26,27)17-8-4-12-28-17/h3-6,8,12-13,16H,1-2,7,9-11H2,(H,21,24)(H,22,25)/t16-/m1/s1. The van der Waals surface area contributed by atoms with Gasteiger partial charge in [0.15, 0.2) is 0 Å². The Morgan fingerprint density at radius 3 is 2.72 bits per heavy atom. The van der Waals surface area contributed by atoms with Crippen LogP contribution in [0.3, 0.4) is 0 Å². The minimum Gasteiger partial charge on any atom is -0.348 e. The first-order chi connectivity index (χ1) is 13.9. The quantitative estimate of drug-likeness (QED) is 0.654. The molecule has 0 bridgehead atoms. The number of piperidine rings is 1. The second kappa shape index (κ2) is 9.71. The lowest BCUT2D eigenvalue weighted by Gasteiger charge is -2.34. The van der Waals surface area contributed by atoms with Gasteiger partial charge in [-0.1, -0.05) is 30.2 Å². The van der Waals surface area contributed by atoms with Crippen molar-refractivity contribution in [2.24, 2.45) is 0 Å². The fourth-order valence-electron chi connectivity index (χ4n) is 3.29. The number of rotatable bonds is 6. The summed E-state index contributed by atoms with van der Waals surface area (Å²) in [6.07, 6.45) is 2.93. The van der Waals surface area contributed by atoms with E-state index in [4.69, 9.17) is 11.6 Å². The first kappa shape index (κ1) is 21.8. The van der Waals surface area contributed by atoms with E-state index in [-0.39, 0.29) is 12.6 Å².